The molecule has 0 aliphatic carbocycles. The number of hydrogen-bond donors (Lipinski definition) is 0. The predicted octanol–water partition coefficient (Wildman–Crippen LogP) is 3.16. The minimum Gasteiger partial charge on any atom is -0.463 e. The fourth-order valence-electron chi connectivity index (χ4n) is 6.45. The van der Waals surface area contributed by atoms with E-state index in [0.29, 0.717) is 11.4 Å². The summed E-state index contributed by atoms with van der Waals surface area (Å²) in [5, 5.41) is 14.4. The minimum atomic E-state index is -1.61. The van der Waals surface area contributed by atoms with Crippen LogP contribution in [0.1, 0.15) is 39.8 Å². The van der Waals surface area contributed by atoms with E-state index in [-0.39, 0.29) is 29.4 Å². The molecule has 55 heavy (non-hydrogen) atoms. The van der Waals surface area contributed by atoms with Gasteiger partial charge in [-0.25, -0.2) is 9.67 Å². The first-order valence-corrected chi connectivity index (χ1v) is 17.0. The Bertz CT molecular complexity index is 2470. The predicted molar refractivity (Wildman–Crippen MR) is 189 cm³/mol. The van der Waals surface area contributed by atoms with Crippen molar-refractivity contribution in [3.8, 4) is 22.8 Å². The maximum atomic E-state index is 14.7. The van der Waals surface area contributed by atoms with Gasteiger partial charge in [-0.05, 0) is 10.8 Å². The smallest absolute Gasteiger partial charge is 0.303 e. The van der Waals surface area contributed by atoms with Crippen LogP contribution in [0.3, 0.4) is 0 Å². The van der Waals surface area contributed by atoms with Crippen LogP contribution in [-0.4, -0.2) is 89.6 Å². The molecule has 5 atom stereocenters. The molecule has 18 heteroatoms. The average Bonchev–Trinajstić information content (AvgIpc) is 3.79. The molecular formula is C37H33N7O11. The van der Waals surface area contributed by atoms with Crippen LogP contribution < -0.4 is 5.56 Å². The highest BCUT2D eigenvalue weighted by atomic mass is 16.7. The Morgan fingerprint density at radius 2 is 1.44 bits per heavy atom. The van der Waals surface area contributed by atoms with E-state index in [1.807, 2.05) is 42.5 Å². The quantitative estimate of drug-likeness (QED) is 0.145. The van der Waals surface area contributed by atoms with Crippen molar-refractivity contribution >= 4 is 45.8 Å². The zero-order chi connectivity index (χ0) is 38.8. The van der Waals surface area contributed by atoms with Gasteiger partial charge in [0.1, 0.15) is 25.1 Å². The minimum absolute atomic E-state index is 0.00419. The molecule has 3 aromatic carbocycles. The van der Waals surface area contributed by atoms with Gasteiger partial charge < -0.3 is 28.2 Å². The summed E-state index contributed by atoms with van der Waals surface area (Å²) in [5.41, 5.74) is 0.196. The van der Waals surface area contributed by atoms with Gasteiger partial charge in [0.25, 0.3) is 5.56 Å². The monoisotopic (exact) mass is 751 g/mol. The number of hydrogen-bond acceptors (Lipinski definition) is 16. The molecule has 7 rings (SSSR count). The molecule has 0 bridgehead atoms. The summed E-state index contributed by atoms with van der Waals surface area (Å²) in [6, 6.07) is 22.1. The molecule has 1 saturated heterocycles. The third kappa shape index (κ3) is 7.52. The Labute approximate surface area is 310 Å². The first kappa shape index (κ1) is 36.5. The van der Waals surface area contributed by atoms with Crippen LogP contribution in [0.2, 0.25) is 0 Å². The van der Waals surface area contributed by atoms with Gasteiger partial charge in [-0.2, -0.15) is 4.98 Å². The van der Waals surface area contributed by atoms with Crippen LogP contribution >= 0.6 is 0 Å². The van der Waals surface area contributed by atoms with Gasteiger partial charge in [-0.3, -0.25) is 28.5 Å². The summed E-state index contributed by atoms with van der Waals surface area (Å²) in [4.78, 5) is 73.3. The molecule has 1 fully saturated rings. The van der Waals surface area contributed by atoms with E-state index in [1.54, 1.807) is 30.3 Å². The summed E-state index contributed by atoms with van der Waals surface area (Å²) in [6.45, 7) is 3.86. The lowest BCUT2D eigenvalue weighted by atomic mass is 9.96. The van der Waals surface area contributed by atoms with E-state index in [9.17, 15) is 24.0 Å². The maximum Gasteiger partial charge on any atom is 0.303 e. The van der Waals surface area contributed by atoms with Gasteiger partial charge in [-0.15, -0.1) is 5.10 Å². The van der Waals surface area contributed by atoms with Crippen LogP contribution in [0.15, 0.2) is 82.1 Å². The van der Waals surface area contributed by atoms with Gasteiger partial charge in [-0.1, -0.05) is 83.2 Å². The lowest BCUT2D eigenvalue weighted by molar-refractivity contribution is -0.268. The Hall–Kier alpha value is -6.82. The van der Waals surface area contributed by atoms with Crippen LogP contribution in [0, 0.1) is 0 Å². The van der Waals surface area contributed by atoms with Crippen LogP contribution in [0.5, 0.6) is 0 Å². The summed E-state index contributed by atoms with van der Waals surface area (Å²) in [7, 11) is 0. The maximum absolute atomic E-state index is 14.7. The second kappa shape index (κ2) is 15.3. The van der Waals surface area contributed by atoms with Crippen LogP contribution in [0.25, 0.3) is 44.7 Å². The van der Waals surface area contributed by atoms with E-state index in [0.717, 1.165) is 48.6 Å². The third-order valence-electron chi connectivity index (χ3n) is 8.61. The Kier molecular flexibility index (Phi) is 10.1. The number of esters is 4. The van der Waals surface area contributed by atoms with E-state index in [1.165, 1.54) is 4.68 Å². The van der Waals surface area contributed by atoms with Crippen molar-refractivity contribution in [2.75, 3.05) is 6.61 Å². The molecule has 3 aromatic heterocycles. The van der Waals surface area contributed by atoms with Crippen molar-refractivity contribution in [2.45, 2.75) is 64.9 Å². The number of nitrogens with zero attached hydrogens (tertiary/aromatic N) is 7. The Morgan fingerprint density at radius 3 is 2.16 bits per heavy atom. The summed E-state index contributed by atoms with van der Waals surface area (Å²) in [5.74, 6) is -2.66. The van der Waals surface area contributed by atoms with Crippen molar-refractivity contribution in [1.29, 1.82) is 0 Å². The van der Waals surface area contributed by atoms with E-state index >= 15 is 0 Å². The zero-order valence-electron chi connectivity index (χ0n) is 29.9. The van der Waals surface area contributed by atoms with Crippen molar-refractivity contribution in [2.24, 2.45) is 0 Å². The summed E-state index contributed by atoms with van der Waals surface area (Å²) >= 11 is 0. The van der Waals surface area contributed by atoms with Gasteiger partial charge in [0.2, 0.25) is 11.7 Å². The third-order valence-corrected chi connectivity index (χ3v) is 8.61. The topological polar surface area (TPSA) is 219 Å². The molecule has 282 valence electrons. The first-order chi connectivity index (χ1) is 26.5. The Morgan fingerprint density at radius 1 is 0.764 bits per heavy atom. The highest BCUT2D eigenvalue weighted by molar-refractivity contribution is 5.94. The van der Waals surface area contributed by atoms with Crippen LogP contribution in [-0.2, 0) is 49.4 Å². The van der Waals surface area contributed by atoms with Crippen molar-refractivity contribution in [3.05, 3.63) is 89.0 Å². The number of ether oxygens (including phenoxy) is 5. The van der Waals surface area contributed by atoms with E-state index < -0.39 is 66.7 Å². The largest absolute Gasteiger partial charge is 0.463 e. The first-order valence-electron chi connectivity index (χ1n) is 17.0. The number of benzene rings is 3. The molecule has 1 aliphatic heterocycles. The highest BCUT2D eigenvalue weighted by Gasteiger charge is 2.53. The van der Waals surface area contributed by atoms with Gasteiger partial charge in [0, 0.05) is 38.8 Å². The molecule has 18 nitrogen and oxygen atoms in total. The molecule has 4 heterocycles. The second-order valence-corrected chi connectivity index (χ2v) is 12.5. The number of fused-ring (bicyclic) bond motifs is 2. The molecule has 0 amide bonds. The lowest BCUT2D eigenvalue weighted by Crippen LogP contribution is -2.61. The second-order valence-electron chi connectivity index (χ2n) is 12.5. The average molecular weight is 752 g/mol. The Balaban J connectivity index is 1.35. The molecular weight excluding hydrogens is 718 g/mol. The highest BCUT2D eigenvalue weighted by Crippen LogP contribution is 2.36. The van der Waals surface area contributed by atoms with E-state index in [2.05, 4.69) is 20.5 Å². The van der Waals surface area contributed by atoms with Crippen molar-refractivity contribution < 1.29 is 47.4 Å². The number of rotatable bonds is 10. The summed E-state index contributed by atoms with van der Waals surface area (Å²) < 4.78 is 36.3. The SMILES string of the molecule is CC(=O)OC[C@H]1O[C@@H](n2c(-c3ccccc3)nc3c(nnn3Cc3nc(-c4cccc5ccccc45)no3)c2=O)[C@H](OC(C)=O)[C@@H](OC(C)=O)[C@@H]1OC(C)=O. The molecule has 6 aromatic rings. The van der Waals surface area contributed by atoms with Gasteiger partial charge >= 0.3 is 23.9 Å². The van der Waals surface area contributed by atoms with Gasteiger partial charge in [0.05, 0.1) is 0 Å². The molecule has 0 spiro atoms. The molecule has 0 N–H and O–H groups in total. The lowest BCUT2D eigenvalue weighted by Gasteiger charge is -2.45. The standard InChI is InChI=1S/C37H33N7O11/c1-19(45)50-18-27-30(51-20(2)46)31(52-21(3)47)32(53-22(4)48)37(54-27)44-34(24-12-6-5-7-13-24)39-35-29(36(44)49)40-42-43(35)17-28-38-33(41-55-28)26-16-10-14-23-11-8-9-15-25(23)26/h5-16,27,30-32,37H,17-18H2,1-4H3/t27-,30-,31+,32-,37-/m1/s1. The zero-order valence-corrected chi connectivity index (χ0v) is 29.9. The fraction of sp³-hybridized carbons (Fsp3) is 0.297. The summed E-state index contributed by atoms with van der Waals surface area (Å²) in [6.07, 6.45) is -7.52. The van der Waals surface area contributed by atoms with Crippen LogP contribution in [0.4, 0.5) is 0 Å². The number of aromatic nitrogens is 7. The van der Waals surface area contributed by atoms with Crippen molar-refractivity contribution in [3.63, 3.8) is 0 Å². The number of carbonyl (C=O) groups is 4. The van der Waals surface area contributed by atoms with Crippen molar-refractivity contribution in [1.82, 2.24) is 34.7 Å². The normalized spacial score (nSPS) is 19.5. The number of carbonyl (C=O) groups excluding carboxylic acids is 4. The fourth-order valence-corrected chi connectivity index (χ4v) is 6.45. The molecule has 0 radical (unpaired) electrons. The molecule has 0 saturated carbocycles. The van der Waals surface area contributed by atoms with Gasteiger partial charge in [0.15, 0.2) is 35.7 Å². The van der Waals surface area contributed by atoms with E-state index in [4.69, 9.17) is 33.2 Å². The molecule has 1 aliphatic rings. The molecule has 0 unspecified atom stereocenters.